The van der Waals surface area contributed by atoms with Gasteiger partial charge < -0.3 is 9.47 Å². The summed E-state index contributed by atoms with van der Waals surface area (Å²) in [5.74, 6) is -0.464. The normalized spacial score (nSPS) is 21.5. The number of nitrogens with zero attached hydrogens (tertiary/aromatic N) is 1. The van der Waals surface area contributed by atoms with Gasteiger partial charge in [-0.2, -0.15) is 0 Å². The van der Waals surface area contributed by atoms with Crippen LogP contribution in [0.5, 0.6) is 0 Å². The number of methoxy groups -OCH3 is 1. The summed E-state index contributed by atoms with van der Waals surface area (Å²) < 4.78 is 10.4. The number of benzene rings is 1. The van der Waals surface area contributed by atoms with E-state index in [-0.39, 0.29) is 24.0 Å². The minimum atomic E-state index is -0.518. The van der Waals surface area contributed by atoms with E-state index in [1.165, 1.54) is 7.11 Å². The van der Waals surface area contributed by atoms with Crippen molar-refractivity contribution in [1.82, 2.24) is 4.90 Å². The van der Waals surface area contributed by atoms with Crippen molar-refractivity contribution in [3.63, 3.8) is 0 Å². The molecule has 1 fully saturated rings. The van der Waals surface area contributed by atoms with E-state index < -0.39 is 5.60 Å². The Balaban J connectivity index is 2.16. The van der Waals surface area contributed by atoms with E-state index >= 15 is 0 Å². The van der Waals surface area contributed by atoms with Gasteiger partial charge in [-0.05, 0) is 39.2 Å². The molecule has 132 valence electrons. The molecular weight excluding hydrogens is 306 g/mol. The van der Waals surface area contributed by atoms with E-state index in [4.69, 9.17) is 9.47 Å². The number of hydrogen-bond acceptors (Lipinski definition) is 5. The first-order chi connectivity index (χ1) is 11.3. The fraction of sp³-hybridized carbons (Fsp3) is 0.579. The lowest BCUT2D eigenvalue weighted by Gasteiger charge is -2.30. The monoisotopic (exact) mass is 333 g/mol. The Morgan fingerprint density at radius 3 is 2.42 bits per heavy atom. The van der Waals surface area contributed by atoms with Gasteiger partial charge in [0.1, 0.15) is 11.6 Å². The Bertz CT molecular complexity index is 564. The van der Waals surface area contributed by atoms with Crippen LogP contribution in [-0.4, -0.2) is 41.6 Å². The summed E-state index contributed by atoms with van der Waals surface area (Å²) in [6.45, 7) is 6.22. The first-order valence-corrected chi connectivity index (χ1v) is 8.39. The van der Waals surface area contributed by atoms with Gasteiger partial charge in [0, 0.05) is 12.6 Å². The van der Waals surface area contributed by atoms with Gasteiger partial charge >= 0.3 is 11.9 Å². The number of esters is 2. The predicted molar refractivity (Wildman–Crippen MR) is 91.3 cm³/mol. The van der Waals surface area contributed by atoms with Crippen LogP contribution < -0.4 is 0 Å². The lowest BCUT2D eigenvalue weighted by atomic mass is 10.1. The Kier molecular flexibility index (Phi) is 5.99. The molecule has 0 bridgehead atoms. The van der Waals surface area contributed by atoms with Crippen LogP contribution in [0.15, 0.2) is 30.3 Å². The van der Waals surface area contributed by atoms with Crippen molar-refractivity contribution in [3.05, 3.63) is 35.9 Å². The lowest BCUT2D eigenvalue weighted by molar-refractivity contribution is -0.161. The average Bonchev–Trinajstić information content (AvgIpc) is 2.89. The molecule has 0 spiro atoms. The van der Waals surface area contributed by atoms with Crippen molar-refractivity contribution in [1.29, 1.82) is 0 Å². The topological polar surface area (TPSA) is 55.8 Å². The second-order valence-electron chi connectivity index (χ2n) is 7.22. The highest BCUT2D eigenvalue weighted by Gasteiger charge is 2.40. The number of ether oxygens (including phenoxy) is 2. The maximum Gasteiger partial charge on any atom is 0.323 e. The summed E-state index contributed by atoms with van der Waals surface area (Å²) in [7, 11) is 1.39. The molecule has 2 unspecified atom stereocenters. The van der Waals surface area contributed by atoms with E-state index in [0.717, 1.165) is 12.0 Å². The molecule has 1 aliphatic heterocycles. The highest BCUT2D eigenvalue weighted by atomic mass is 16.6. The standard InChI is InChI=1S/C19H27NO4/c1-19(2,3)24-18(22)16-11-10-15(12-17(21)23-4)20(16)13-14-8-6-5-7-9-14/h5-9,15-16H,10-13H2,1-4H3. The molecule has 24 heavy (non-hydrogen) atoms. The second-order valence-corrected chi connectivity index (χ2v) is 7.22. The second kappa shape index (κ2) is 7.79. The van der Waals surface area contributed by atoms with Crippen LogP contribution in [0.1, 0.15) is 45.6 Å². The van der Waals surface area contributed by atoms with Gasteiger partial charge in [0.2, 0.25) is 0 Å². The third-order valence-electron chi connectivity index (χ3n) is 4.16. The number of carbonyl (C=O) groups excluding carboxylic acids is 2. The first kappa shape index (κ1) is 18.5. The van der Waals surface area contributed by atoms with Gasteiger partial charge in [-0.3, -0.25) is 14.5 Å². The molecular formula is C19H27NO4. The van der Waals surface area contributed by atoms with Crippen molar-refractivity contribution in [2.75, 3.05) is 7.11 Å². The summed E-state index contributed by atoms with van der Waals surface area (Å²) >= 11 is 0. The molecule has 5 nitrogen and oxygen atoms in total. The molecule has 0 aromatic heterocycles. The van der Waals surface area contributed by atoms with E-state index in [1.54, 1.807) is 0 Å². The van der Waals surface area contributed by atoms with Gasteiger partial charge in [-0.25, -0.2) is 0 Å². The lowest BCUT2D eigenvalue weighted by Crippen LogP contribution is -2.43. The molecule has 1 aromatic rings. The molecule has 2 atom stereocenters. The minimum Gasteiger partial charge on any atom is -0.469 e. The van der Waals surface area contributed by atoms with Gasteiger partial charge in [-0.1, -0.05) is 30.3 Å². The molecule has 2 rings (SSSR count). The van der Waals surface area contributed by atoms with Gasteiger partial charge in [0.15, 0.2) is 0 Å². The van der Waals surface area contributed by atoms with Crippen molar-refractivity contribution < 1.29 is 19.1 Å². The van der Waals surface area contributed by atoms with Crippen LogP contribution >= 0.6 is 0 Å². The van der Waals surface area contributed by atoms with E-state index in [2.05, 4.69) is 4.90 Å². The fourth-order valence-corrected chi connectivity index (χ4v) is 3.09. The highest BCUT2D eigenvalue weighted by Crippen LogP contribution is 2.30. The number of hydrogen-bond donors (Lipinski definition) is 0. The zero-order valence-corrected chi connectivity index (χ0v) is 15.0. The van der Waals surface area contributed by atoms with Crippen molar-refractivity contribution >= 4 is 11.9 Å². The van der Waals surface area contributed by atoms with Crippen LogP contribution in [-0.2, 0) is 25.6 Å². The van der Waals surface area contributed by atoms with Crippen LogP contribution in [0, 0.1) is 0 Å². The number of carbonyl (C=O) groups is 2. The van der Waals surface area contributed by atoms with Gasteiger partial charge in [0.25, 0.3) is 0 Å². The Morgan fingerprint density at radius 2 is 1.83 bits per heavy atom. The molecule has 0 amide bonds. The summed E-state index contributed by atoms with van der Waals surface area (Å²) in [5.41, 5.74) is 0.596. The Labute approximate surface area is 143 Å². The van der Waals surface area contributed by atoms with Crippen LogP contribution in [0.25, 0.3) is 0 Å². The van der Waals surface area contributed by atoms with Gasteiger partial charge in [-0.15, -0.1) is 0 Å². The quantitative estimate of drug-likeness (QED) is 0.776. The molecule has 0 saturated carbocycles. The predicted octanol–water partition coefficient (Wildman–Crippen LogP) is 2.92. The van der Waals surface area contributed by atoms with Crippen LogP contribution in [0.3, 0.4) is 0 Å². The largest absolute Gasteiger partial charge is 0.469 e. The summed E-state index contributed by atoms with van der Waals surface area (Å²) in [4.78, 5) is 26.4. The molecule has 1 saturated heterocycles. The molecule has 0 N–H and O–H groups in total. The third kappa shape index (κ3) is 5.06. The Hall–Kier alpha value is -1.88. The number of likely N-dealkylation sites (tertiary alicyclic amines) is 1. The maximum absolute atomic E-state index is 12.6. The van der Waals surface area contributed by atoms with Crippen molar-refractivity contribution in [2.45, 2.75) is 64.3 Å². The molecule has 1 heterocycles. The fourth-order valence-electron chi connectivity index (χ4n) is 3.09. The average molecular weight is 333 g/mol. The minimum absolute atomic E-state index is 0.00447. The van der Waals surface area contributed by atoms with E-state index in [1.807, 2.05) is 51.1 Å². The van der Waals surface area contributed by atoms with Gasteiger partial charge in [0.05, 0.1) is 13.5 Å². The molecule has 1 aliphatic rings. The SMILES string of the molecule is COC(=O)CC1CCC(C(=O)OC(C)(C)C)N1Cc1ccccc1. The van der Waals surface area contributed by atoms with Crippen LogP contribution in [0.4, 0.5) is 0 Å². The smallest absolute Gasteiger partial charge is 0.323 e. The summed E-state index contributed by atoms with van der Waals surface area (Å²) in [6.07, 6.45) is 1.78. The third-order valence-corrected chi connectivity index (χ3v) is 4.16. The first-order valence-electron chi connectivity index (χ1n) is 8.39. The van der Waals surface area contributed by atoms with Crippen molar-refractivity contribution in [2.24, 2.45) is 0 Å². The van der Waals surface area contributed by atoms with E-state index in [0.29, 0.717) is 19.4 Å². The van der Waals surface area contributed by atoms with Crippen LogP contribution in [0.2, 0.25) is 0 Å². The molecule has 5 heteroatoms. The molecule has 0 aliphatic carbocycles. The Morgan fingerprint density at radius 1 is 1.17 bits per heavy atom. The summed E-state index contributed by atoms with van der Waals surface area (Å²) in [6, 6.07) is 9.64. The highest BCUT2D eigenvalue weighted by molar-refractivity contribution is 5.77. The zero-order chi connectivity index (χ0) is 17.7. The maximum atomic E-state index is 12.6. The van der Waals surface area contributed by atoms with E-state index in [9.17, 15) is 9.59 Å². The molecule has 0 radical (unpaired) electrons. The number of rotatable bonds is 5. The zero-order valence-electron chi connectivity index (χ0n) is 15.0. The van der Waals surface area contributed by atoms with Crippen molar-refractivity contribution in [3.8, 4) is 0 Å². The molecule has 1 aromatic carbocycles. The summed E-state index contributed by atoms with van der Waals surface area (Å²) in [5, 5.41) is 0.